The van der Waals surface area contributed by atoms with E-state index in [4.69, 9.17) is 14.5 Å². The second-order valence-electron chi connectivity index (χ2n) is 7.38. The van der Waals surface area contributed by atoms with Crippen molar-refractivity contribution >= 4 is 43.8 Å². The second kappa shape index (κ2) is 8.37. The van der Waals surface area contributed by atoms with Crippen LogP contribution in [-0.4, -0.2) is 42.1 Å². The molecule has 0 saturated carbocycles. The third-order valence-corrected chi connectivity index (χ3v) is 7.47. The molecule has 2 aromatic heterocycles. The van der Waals surface area contributed by atoms with Crippen molar-refractivity contribution in [3.63, 3.8) is 0 Å². The number of nitrogens with zero attached hydrogens (tertiary/aromatic N) is 2. The Morgan fingerprint density at radius 3 is 2.97 bits per heavy atom. The molecule has 2 aliphatic heterocycles. The molecule has 1 aromatic carbocycles. The van der Waals surface area contributed by atoms with E-state index in [0.717, 1.165) is 58.3 Å². The molecule has 3 aromatic rings. The van der Waals surface area contributed by atoms with Crippen LogP contribution in [0.1, 0.15) is 23.8 Å². The lowest BCUT2D eigenvalue weighted by molar-refractivity contribution is -0.117. The summed E-state index contributed by atoms with van der Waals surface area (Å²) >= 11 is 3.33. The number of hydrogen-bond donors (Lipinski definition) is 1. The van der Waals surface area contributed by atoms with Crippen LogP contribution < -0.4 is 5.32 Å². The number of aromatic nitrogens is 1. The van der Waals surface area contributed by atoms with Gasteiger partial charge in [0.15, 0.2) is 0 Å². The van der Waals surface area contributed by atoms with Crippen molar-refractivity contribution < 1.29 is 14.3 Å². The summed E-state index contributed by atoms with van der Waals surface area (Å²) in [6.45, 7) is 6.11. The van der Waals surface area contributed by atoms with Crippen LogP contribution in [0.25, 0.3) is 20.8 Å². The summed E-state index contributed by atoms with van der Waals surface area (Å²) in [6, 6.07) is 8.17. The molecule has 0 fully saturated rings. The number of rotatable bonds is 5. The van der Waals surface area contributed by atoms with E-state index in [1.54, 1.807) is 22.7 Å². The van der Waals surface area contributed by atoms with Crippen molar-refractivity contribution in [1.29, 1.82) is 0 Å². The molecule has 1 amide bonds. The summed E-state index contributed by atoms with van der Waals surface area (Å²) in [5.41, 5.74) is 3.37. The van der Waals surface area contributed by atoms with Crippen LogP contribution in [0.5, 0.6) is 0 Å². The molecule has 0 radical (unpaired) electrons. The maximum atomic E-state index is 12.8. The summed E-state index contributed by atoms with van der Waals surface area (Å²) in [4.78, 5) is 21.5. The number of fused-ring (bicyclic) bond motifs is 2. The maximum Gasteiger partial charge on any atom is 0.294 e. The predicted octanol–water partition coefficient (Wildman–Crippen LogP) is 4.62. The molecule has 4 heterocycles. The molecule has 0 bridgehead atoms. The van der Waals surface area contributed by atoms with Gasteiger partial charge in [0, 0.05) is 23.5 Å². The molecule has 5 rings (SSSR count). The van der Waals surface area contributed by atoms with Crippen LogP contribution >= 0.6 is 22.7 Å². The molecule has 8 heteroatoms. The highest BCUT2D eigenvalue weighted by atomic mass is 32.1. The molecule has 0 unspecified atom stereocenters. The Kier molecular flexibility index (Phi) is 5.45. The minimum atomic E-state index is -0.277. The van der Waals surface area contributed by atoms with Crippen molar-refractivity contribution in [2.75, 3.05) is 31.6 Å². The summed E-state index contributed by atoms with van der Waals surface area (Å²) in [5, 5.41) is 4.89. The molecule has 0 atom stereocenters. The molecule has 0 spiro atoms. The van der Waals surface area contributed by atoms with E-state index in [2.05, 4.69) is 23.2 Å². The number of carbonyl (C=O) groups excluding carboxylic acids is 1. The van der Waals surface area contributed by atoms with Crippen LogP contribution in [0.15, 0.2) is 36.3 Å². The maximum absolute atomic E-state index is 12.8. The van der Waals surface area contributed by atoms with Crippen LogP contribution in [-0.2, 0) is 27.2 Å². The normalized spacial score (nSPS) is 16.5. The number of nitrogens with one attached hydrogen (secondary N) is 1. The molecular weight excluding hydrogens is 418 g/mol. The molecule has 30 heavy (non-hydrogen) atoms. The lowest BCUT2D eigenvalue weighted by Gasteiger charge is -2.26. The molecule has 2 aliphatic rings. The molecular formula is C22H23N3O3S2. The van der Waals surface area contributed by atoms with Crippen LogP contribution in [0, 0.1) is 0 Å². The lowest BCUT2D eigenvalue weighted by Crippen LogP contribution is -2.30. The third-order valence-electron chi connectivity index (χ3n) is 5.28. The predicted molar refractivity (Wildman–Crippen MR) is 121 cm³/mol. The van der Waals surface area contributed by atoms with E-state index >= 15 is 0 Å². The van der Waals surface area contributed by atoms with E-state index in [1.807, 2.05) is 18.2 Å². The largest absolute Gasteiger partial charge is 0.494 e. The van der Waals surface area contributed by atoms with E-state index in [-0.39, 0.29) is 11.7 Å². The zero-order valence-electron chi connectivity index (χ0n) is 16.8. The fourth-order valence-corrected chi connectivity index (χ4v) is 6.30. The molecule has 0 aliphatic carbocycles. The van der Waals surface area contributed by atoms with Gasteiger partial charge in [0.05, 0.1) is 10.2 Å². The Morgan fingerprint density at radius 1 is 1.27 bits per heavy atom. The highest BCUT2D eigenvalue weighted by Crippen LogP contribution is 2.45. The Bertz CT molecular complexity index is 1090. The van der Waals surface area contributed by atoms with Gasteiger partial charge in [-0.3, -0.25) is 9.69 Å². The number of thiazole rings is 1. The van der Waals surface area contributed by atoms with Crippen molar-refractivity contribution in [3.05, 3.63) is 46.7 Å². The summed E-state index contributed by atoms with van der Waals surface area (Å²) < 4.78 is 11.9. The minimum Gasteiger partial charge on any atom is -0.494 e. The van der Waals surface area contributed by atoms with Crippen molar-refractivity contribution in [1.82, 2.24) is 9.88 Å². The first kappa shape index (κ1) is 19.5. The number of para-hydroxylation sites is 1. The molecule has 156 valence electrons. The standard InChI is InChI=1S/C22H23N3O3S2/c1-2-8-25-9-7-14-18(12-25)30-22(24-20(26)16-13-27-10-11-28-16)19(14)21-23-15-5-3-4-6-17(15)29-21/h3-6,13H,2,7-12H2,1H3,(H,24,26). The lowest BCUT2D eigenvalue weighted by atomic mass is 10.0. The molecule has 1 N–H and O–H groups in total. The van der Waals surface area contributed by atoms with E-state index in [9.17, 15) is 4.79 Å². The van der Waals surface area contributed by atoms with Crippen molar-refractivity contribution in [2.45, 2.75) is 26.3 Å². The summed E-state index contributed by atoms with van der Waals surface area (Å²) in [6.07, 6.45) is 3.50. The van der Waals surface area contributed by atoms with Gasteiger partial charge in [-0.05, 0) is 37.1 Å². The van der Waals surface area contributed by atoms with Crippen LogP contribution in [0.2, 0.25) is 0 Å². The topological polar surface area (TPSA) is 63.7 Å². The van der Waals surface area contributed by atoms with Gasteiger partial charge in [-0.2, -0.15) is 0 Å². The first-order valence-electron chi connectivity index (χ1n) is 10.2. The van der Waals surface area contributed by atoms with Gasteiger partial charge in [-0.1, -0.05) is 19.1 Å². The van der Waals surface area contributed by atoms with Crippen molar-refractivity contribution in [2.24, 2.45) is 0 Å². The average Bonchev–Trinajstić information content (AvgIpc) is 3.34. The molecule has 0 saturated heterocycles. The Hall–Kier alpha value is -2.42. The Balaban J connectivity index is 1.55. The van der Waals surface area contributed by atoms with Gasteiger partial charge in [-0.25, -0.2) is 4.98 Å². The van der Waals surface area contributed by atoms with E-state index < -0.39 is 0 Å². The number of benzene rings is 1. The SMILES string of the molecule is CCCN1CCc2c(sc(NC(=O)C3=COCCO3)c2-c2nc3ccccc3s2)C1. The van der Waals surface area contributed by atoms with Gasteiger partial charge in [0.1, 0.15) is 29.5 Å². The average molecular weight is 442 g/mol. The second-order valence-corrected chi connectivity index (χ2v) is 9.51. The fraction of sp³-hybridized carbons (Fsp3) is 0.364. The van der Waals surface area contributed by atoms with Crippen LogP contribution in [0.4, 0.5) is 5.00 Å². The third kappa shape index (κ3) is 3.71. The van der Waals surface area contributed by atoms with Gasteiger partial charge >= 0.3 is 0 Å². The first-order valence-corrected chi connectivity index (χ1v) is 11.8. The molecule has 6 nitrogen and oxygen atoms in total. The van der Waals surface area contributed by atoms with Gasteiger partial charge in [0.2, 0.25) is 5.76 Å². The highest BCUT2D eigenvalue weighted by molar-refractivity contribution is 7.22. The summed E-state index contributed by atoms with van der Waals surface area (Å²) in [7, 11) is 0. The number of hydrogen-bond acceptors (Lipinski definition) is 7. The van der Waals surface area contributed by atoms with Crippen LogP contribution in [0.3, 0.4) is 0 Å². The number of carbonyl (C=O) groups is 1. The zero-order valence-corrected chi connectivity index (χ0v) is 18.4. The monoisotopic (exact) mass is 441 g/mol. The van der Waals surface area contributed by atoms with Gasteiger partial charge in [0.25, 0.3) is 5.91 Å². The quantitative estimate of drug-likeness (QED) is 0.626. The summed E-state index contributed by atoms with van der Waals surface area (Å²) in [5.74, 6) is -0.0587. The number of thiophene rings is 1. The number of amides is 1. The van der Waals surface area contributed by atoms with E-state index in [1.165, 1.54) is 16.7 Å². The minimum absolute atomic E-state index is 0.218. The van der Waals surface area contributed by atoms with Crippen molar-refractivity contribution in [3.8, 4) is 10.6 Å². The van der Waals surface area contributed by atoms with E-state index in [0.29, 0.717) is 13.2 Å². The first-order chi connectivity index (χ1) is 14.7. The number of anilines is 1. The van der Waals surface area contributed by atoms with Gasteiger partial charge in [-0.15, -0.1) is 22.7 Å². The fourth-order valence-electron chi connectivity index (χ4n) is 3.91. The smallest absolute Gasteiger partial charge is 0.294 e. The highest BCUT2D eigenvalue weighted by Gasteiger charge is 2.28. The number of ether oxygens (including phenoxy) is 2. The Labute approximate surface area is 183 Å². The van der Waals surface area contributed by atoms with Gasteiger partial charge < -0.3 is 14.8 Å². The Morgan fingerprint density at radius 2 is 2.17 bits per heavy atom. The zero-order chi connectivity index (χ0) is 20.5.